The quantitative estimate of drug-likeness (QED) is 0.338. The van der Waals surface area contributed by atoms with E-state index in [9.17, 15) is 9.59 Å². The van der Waals surface area contributed by atoms with Gasteiger partial charge in [0.05, 0.1) is 10.7 Å². The van der Waals surface area contributed by atoms with Gasteiger partial charge in [0.2, 0.25) is 11.1 Å². The summed E-state index contributed by atoms with van der Waals surface area (Å²) in [7, 11) is 7.92. The molecule has 0 unspecified atom stereocenters. The average molecular weight is 532 g/mol. The molecule has 2 rings (SSSR count). The number of hydrogen-bond acceptors (Lipinski definition) is 7. The molecule has 1 heterocycles. The number of hydrogen-bond donors (Lipinski definition) is 0. The molecule has 0 bridgehead atoms. The largest absolute Gasteiger partial charge is 0.437 e. The summed E-state index contributed by atoms with van der Waals surface area (Å²) in [6.45, 7) is 3.68. The number of nitrogens with zero attached hydrogens (tertiary/aromatic N) is 4. The van der Waals surface area contributed by atoms with Gasteiger partial charge >= 0.3 is 0 Å². The zero-order chi connectivity index (χ0) is 25.7. The van der Waals surface area contributed by atoms with Crippen LogP contribution in [0.5, 0.6) is 11.6 Å². The fraction of sp³-hybridized carbons (Fsp3) is 0.500. The van der Waals surface area contributed by atoms with Gasteiger partial charge in [0.1, 0.15) is 22.9 Å². The molecule has 2 aromatic rings. The number of ketones is 1. The van der Waals surface area contributed by atoms with E-state index in [4.69, 9.17) is 39.5 Å². The Morgan fingerprint density at radius 3 is 2.15 bits per heavy atom. The van der Waals surface area contributed by atoms with Gasteiger partial charge in [0, 0.05) is 25.3 Å². The summed E-state index contributed by atoms with van der Waals surface area (Å²) in [5.74, 6) is 0.884. The minimum Gasteiger partial charge on any atom is -0.437 e. The molecule has 10 heteroatoms. The molecule has 0 fully saturated rings. The molecule has 1 aromatic carbocycles. The van der Waals surface area contributed by atoms with Crippen molar-refractivity contribution in [2.45, 2.75) is 39.0 Å². The predicted molar refractivity (Wildman–Crippen MR) is 138 cm³/mol. The Kier molecular flexibility index (Phi) is 14.2. The third-order valence-electron chi connectivity index (χ3n) is 4.57. The molecule has 1 aromatic heterocycles. The summed E-state index contributed by atoms with van der Waals surface area (Å²) < 4.78 is 5.69. The van der Waals surface area contributed by atoms with Gasteiger partial charge in [-0.3, -0.25) is 9.59 Å². The molecular weight excluding hydrogens is 499 g/mol. The highest BCUT2D eigenvalue weighted by Crippen LogP contribution is 2.36. The molecule has 0 N–H and O–H groups in total. The van der Waals surface area contributed by atoms with Crippen molar-refractivity contribution in [1.29, 1.82) is 0 Å². The van der Waals surface area contributed by atoms with Crippen LogP contribution in [0.25, 0.3) is 0 Å². The zero-order valence-electron chi connectivity index (χ0n) is 20.4. The van der Waals surface area contributed by atoms with Crippen molar-refractivity contribution in [2.24, 2.45) is 0 Å². The van der Waals surface area contributed by atoms with Crippen molar-refractivity contribution < 1.29 is 14.3 Å². The van der Waals surface area contributed by atoms with Crippen LogP contribution >= 0.6 is 34.8 Å². The Balaban J connectivity index is 0.000000546. The molecule has 7 nitrogen and oxygen atoms in total. The molecule has 0 saturated carbocycles. The summed E-state index contributed by atoms with van der Waals surface area (Å²) in [5.41, 5.74) is 1.49. The van der Waals surface area contributed by atoms with Crippen molar-refractivity contribution in [3.8, 4) is 11.6 Å². The molecule has 0 spiro atoms. The van der Waals surface area contributed by atoms with E-state index < -0.39 is 0 Å². The van der Waals surface area contributed by atoms with Crippen LogP contribution in [-0.4, -0.2) is 72.1 Å². The number of halogens is 3. The van der Waals surface area contributed by atoms with Crippen molar-refractivity contribution in [3.05, 3.63) is 45.8 Å². The Labute approximate surface area is 217 Å². The van der Waals surface area contributed by atoms with Crippen LogP contribution in [0.15, 0.2) is 24.5 Å². The summed E-state index contributed by atoms with van der Waals surface area (Å²) in [6, 6.07) is 5.20. The third-order valence-corrected chi connectivity index (χ3v) is 5.72. The summed E-state index contributed by atoms with van der Waals surface area (Å²) >= 11 is 17.4. The Morgan fingerprint density at radius 1 is 0.941 bits per heavy atom. The van der Waals surface area contributed by atoms with Crippen LogP contribution in [-0.2, 0) is 16.0 Å². The van der Waals surface area contributed by atoms with Gasteiger partial charge in [-0.1, -0.05) is 29.3 Å². The van der Waals surface area contributed by atoms with E-state index in [1.807, 2.05) is 46.1 Å². The first kappa shape index (κ1) is 30.3. The maximum absolute atomic E-state index is 12.0. The maximum Gasteiger partial charge on any atom is 0.222 e. The smallest absolute Gasteiger partial charge is 0.222 e. The number of ether oxygens (including phenoxy) is 1. The van der Waals surface area contributed by atoms with Crippen molar-refractivity contribution in [1.82, 2.24) is 19.8 Å². The lowest BCUT2D eigenvalue weighted by Crippen LogP contribution is -2.15. The molecule has 0 radical (unpaired) electrons. The standard InChI is InChI=1S/C18H21Cl2N3O2.C6H12ClNO/c1-12-6-7-15(18(20)17(12)19)25-16-10-13(21-11-22-16)9-14(24)5-4-8-23(2)3;1-8(2)5-3-4-6(7)9/h6-7,10-11H,4-5,8-9H2,1-3H3;3-5H2,1-2H3. The highest BCUT2D eigenvalue weighted by molar-refractivity contribution is 6.63. The lowest BCUT2D eigenvalue weighted by atomic mass is 10.1. The number of Topliss-reactive ketones (excluding diaryl/α,β-unsaturated/α-hetero) is 1. The first-order valence-corrected chi connectivity index (χ1v) is 12.1. The molecule has 0 amide bonds. The van der Waals surface area contributed by atoms with Crippen molar-refractivity contribution >= 4 is 45.8 Å². The number of aryl methyl sites for hydroxylation is 1. The van der Waals surface area contributed by atoms with Crippen LogP contribution in [0, 0.1) is 6.92 Å². The third kappa shape index (κ3) is 12.6. The lowest BCUT2D eigenvalue weighted by Gasteiger charge is -2.10. The molecule has 0 aliphatic rings. The first-order valence-electron chi connectivity index (χ1n) is 10.9. The van der Waals surface area contributed by atoms with Gasteiger partial charge in [0.25, 0.3) is 0 Å². The highest BCUT2D eigenvalue weighted by Gasteiger charge is 2.12. The second-order valence-corrected chi connectivity index (χ2v) is 9.52. The Hall–Kier alpha value is -1.77. The SMILES string of the molecule is CN(C)CCCC(=O)Cl.Cc1ccc(Oc2cc(CC(=O)CCCN(C)C)ncn2)c(Cl)c1Cl. The highest BCUT2D eigenvalue weighted by atomic mass is 35.5. The van der Waals surface area contributed by atoms with Crippen LogP contribution in [0.4, 0.5) is 0 Å². The maximum atomic E-state index is 12.0. The summed E-state index contributed by atoms with van der Waals surface area (Å²) in [4.78, 5) is 34.5. The molecule has 0 aliphatic carbocycles. The molecule has 188 valence electrons. The van der Waals surface area contributed by atoms with Gasteiger partial charge in [-0.05, 0) is 84.3 Å². The lowest BCUT2D eigenvalue weighted by molar-refractivity contribution is -0.118. The minimum atomic E-state index is -0.239. The van der Waals surface area contributed by atoms with E-state index in [1.165, 1.54) is 6.33 Å². The van der Waals surface area contributed by atoms with Crippen LogP contribution < -0.4 is 4.74 Å². The van der Waals surface area contributed by atoms with E-state index in [-0.39, 0.29) is 17.4 Å². The number of rotatable bonds is 12. The van der Waals surface area contributed by atoms with E-state index >= 15 is 0 Å². The van der Waals surface area contributed by atoms with E-state index in [1.54, 1.807) is 12.1 Å². The van der Waals surface area contributed by atoms with E-state index in [0.717, 1.165) is 31.5 Å². The van der Waals surface area contributed by atoms with Gasteiger partial charge in [-0.2, -0.15) is 0 Å². The van der Waals surface area contributed by atoms with Gasteiger partial charge in [0.15, 0.2) is 0 Å². The van der Waals surface area contributed by atoms with Crippen LogP contribution in [0.2, 0.25) is 10.0 Å². The monoisotopic (exact) mass is 530 g/mol. The predicted octanol–water partition coefficient (Wildman–Crippen LogP) is 5.43. The van der Waals surface area contributed by atoms with E-state index in [0.29, 0.717) is 40.2 Å². The molecular formula is C24H33Cl3N4O3. The number of carbonyl (C=O) groups is 2. The number of carbonyl (C=O) groups excluding carboxylic acids is 2. The second kappa shape index (κ2) is 16.0. The average Bonchev–Trinajstić information content (AvgIpc) is 2.74. The van der Waals surface area contributed by atoms with Crippen molar-refractivity contribution in [3.63, 3.8) is 0 Å². The van der Waals surface area contributed by atoms with E-state index in [2.05, 4.69) is 14.9 Å². The van der Waals surface area contributed by atoms with Gasteiger partial charge in [-0.15, -0.1) is 0 Å². The van der Waals surface area contributed by atoms with Crippen LogP contribution in [0.3, 0.4) is 0 Å². The molecule has 0 aliphatic heterocycles. The number of benzene rings is 1. The Morgan fingerprint density at radius 2 is 1.56 bits per heavy atom. The van der Waals surface area contributed by atoms with Crippen LogP contribution in [0.1, 0.15) is 36.9 Å². The van der Waals surface area contributed by atoms with Gasteiger partial charge in [-0.25, -0.2) is 9.97 Å². The summed E-state index contributed by atoms with van der Waals surface area (Å²) in [6.07, 6.45) is 4.33. The van der Waals surface area contributed by atoms with Gasteiger partial charge < -0.3 is 14.5 Å². The Bertz CT molecular complexity index is 940. The molecule has 0 saturated heterocycles. The topological polar surface area (TPSA) is 75.6 Å². The second-order valence-electron chi connectivity index (χ2n) is 8.34. The molecule has 0 atom stereocenters. The van der Waals surface area contributed by atoms with Crippen molar-refractivity contribution in [2.75, 3.05) is 41.3 Å². The fourth-order valence-electron chi connectivity index (χ4n) is 2.77. The first-order chi connectivity index (χ1) is 16.0. The molecule has 34 heavy (non-hydrogen) atoms. The zero-order valence-corrected chi connectivity index (χ0v) is 22.7. The number of aromatic nitrogens is 2. The normalized spacial score (nSPS) is 10.8. The summed E-state index contributed by atoms with van der Waals surface area (Å²) in [5, 5.41) is 0.544. The minimum absolute atomic E-state index is 0.142. The fourth-order valence-corrected chi connectivity index (χ4v) is 3.31.